The standard InChI is InChI=1S/C20H22N4O2S/c25-20(19-23-12-15-27-19,18-4-2-1-3-9-22-18)16-7-13-24(14-8-16)26-17-5-10-21-11-6-17/h1-3,5-6,9-12,15-16,25H,4,7-8,13-14H2. The molecule has 0 aliphatic carbocycles. The zero-order valence-corrected chi connectivity index (χ0v) is 15.8. The molecule has 0 radical (unpaired) electrons. The number of rotatable bonds is 5. The molecule has 4 heterocycles. The summed E-state index contributed by atoms with van der Waals surface area (Å²) in [4.78, 5) is 18.9. The van der Waals surface area contributed by atoms with Gasteiger partial charge in [0.25, 0.3) is 0 Å². The Kier molecular flexibility index (Phi) is 5.42. The summed E-state index contributed by atoms with van der Waals surface area (Å²) in [6.07, 6.45) is 15.0. The van der Waals surface area contributed by atoms with Crippen LogP contribution in [0.1, 0.15) is 24.3 Å². The summed E-state index contributed by atoms with van der Waals surface area (Å²) in [6.45, 7) is 1.47. The van der Waals surface area contributed by atoms with Crippen LogP contribution in [-0.4, -0.2) is 38.9 Å². The van der Waals surface area contributed by atoms with E-state index in [1.807, 2.05) is 40.8 Å². The van der Waals surface area contributed by atoms with E-state index in [1.165, 1.54) is 11.3 Å². The minimum atomic E-state index is -1.14. The van der Waals surface area contributed by atoms with Crippen LogP contribution in [0.25, 0.3) is 0 Å². The van der Waals surface area contributed by atoms with E-state index in [1.54, 1.807) is 24.8 Å². The number of thiazole rings is 1. The van der Waals surface area contributed by atoms with Crippen molar-refractivity contribution in [2.45, 2.75) is 24.9 Å². The number of aliphatic imine (C=N–C) groups is 1. The van der Waals surface area contributed by atoms with Gasteiger partial charge in [-0.1, -0.05) is 12.2 Å². The molecule has 0 amide bonds. The van der Waals surface area contributed by atoms with Crippen molar-refractivity contribution >= 4 is 17.0 Å². The topological polar surface area (TPSA) is 70.8 Å². The first-order valence-electron chi connectivity index (χ1n) is 9.11. The summed E-state index contributed by atoms with van der Waals surface area (Å²) >= 11 is 1.49. The van der Waals surface area contributed by atoms with E-state index in [-0.39, 0.29) is 5.92 Å². The Balaban J connectivity index is 1.52. The number of hydroxylamine groups is 2. The Labute approximate surface area is 162 Å². The molecule has 6 nitrogen and oxygen atoms in total. The molecule has 0 saturated carbocycles. The van der Waals surface area contributed by atoms with E-state index in [0.29, 0.717) is 6.42 Å². The largest absolute Gasteiger partial charge is 0.406 e. The Bertz CT molecular complexity index is 827. The Hall–Kier alpha value is -2.35. The summed E-state index contributed by atoms with van der Waals surface area (Å²) in [5.74, 6) is 0.821. The molecule has 2 aromatic heterocycles. The van der Waals surface area contributed by atoms with Crippen LogP contribution in [0.3, 0.4) is 0 Å². The van der Waals surface area contributed by atoms with E-state index < -0.39 is 5.60 Å². The molecule has 0 spiro atoms. The van der Waals surface area contributed by atoms with Crippen molar-refractivity contribution in [3.05, 3.63) is 65.5 Å². The monoisotopic (exact) mass is 382 g/mol. The van der Waals surface area contributed by atoms with Crippen LogP contribution in [0.5, 0.6) is 5.75 Å². The van der Waals surface area contributed by atoms with Gasteiger partial charge in [0.2, 0.25) is 0 Å². The highest BCUT2D eigenvalue weighted by atomic mass is 32.1. The molecule has 0 aromatic carbocycles. The first-order chi connectivity index (χ1) is 13.3. The normalized spacial score (nSPS) is 20.7. The third kappa shape index (κ3) is 3.85. The van der Waals surface area contributed by atoms with Crippen molar-refractivity contribution < 1.29 is 9.94 Å². The average molecular weight is 382 g/mol. The van der Waals surface area contributed by atoms with Crippen LogP contribution < -0.4 is 4.84 Å². The van der Waals surface area contributed by atoms with E-state index >= 15 is 0 Å². The zero-order chi connectivity index (χ0) is 18.5. The highest BCUT2D eigenvalue weighted by Gasteiger charge is 2.46. The van der Waals surface area contributed by atoms with Crippen molar-refractivity contribution in [1.29, 1.82) is 0 Å². The molecule has 2 aromatic rings. The van der Waals surface area contributed by atoms with Crippen LogP contribution in [-0.2, 0) is 5.60 Å². The fourth-order valence-electron chi connectivity index (χ4n) is 3.61. The molecule has 1 N–H and O–H groups in total. The summed E-state index contributed by atoms with van der Waals surface area (Å²) in [7, 11) is 0. The van der Waals surface area contributed by atoms with Gasteiger partial charge < -0.3 is 9.94 Å². The summed E-state index contributed by atoms with van der Waals surface area (Å²) < 4.78 is 0. The number of aliphatic hydroxyl groups is 1. The van der Waals surface area contributed by atoms with Gasteiger partial charge in [0.15, 0.2) is 11.4 Å². The lowest BCUT2D eigenvalue weighted by atomic mass is 9.77. The molecule has 1 atom stereocenters. The van der Waals surface area contributed by atoms with Crippen molar-refractivity contribution in [1.82, 2.24) is 15.0 Å². The highest BCUT2D eigenvalue weighted by Crippen LogP contribution is 2.40. The minimum absolute atomic E-state index is 0.0413. The van der Waals surface area contributed by atoms with Gasteiger partial charge in [-0.15, -0.1) is 16.4 Å². The minimum Gasteiger partial charge on any atom is -0.406 e. The number of pyridine rings is 1. The number of hydrogen-bond acceptors (Lipinski definition) is 7. The Morgan fingerprint density at radius 3 is 2.70 bits per heavy atom. The highest BCUT2D eigenvalue weighted by molar-refractivity contribution is 7.09. The first-order valence-corrected chi connectivity index (χ1v) is 9.99. The third-order valence-electron chi connectivity index (χ3n) is 5.00. The van der Waals surface area contributed by atoms with Crippen molar-refractivity contribution in [2.75, 3.05) is 13.1 Å². The van der Waals surface area contributed by atoms with Gasteiger partial charge in [-0.05, 0) is 18.9 Å². The maximum Gasteiger partial charge on any atom is 0.157 e. The maximum absolute atomic E-state index is 11.8. The molecule has 4 rings (SSSR count). The van der Waals surface area contributed by atoms with Gasteiger partial charge in [-0.25, -0.2) is 4.98 Å². The predicted molar refractivity (Wildman–Crippen MR) is 106 cm³/mol. The van der Waals surface area contributed by atoms with Crippen LogP contribution in [0.2, 0.25) is 0 Å². The lowest BCUT2D eigenvalue weighted by molar-refractivity contribution is -0.102. The van der Waals surface area contributed by atoms with Crippen molar-refractivity contribution in [3.8, 4) is 5.75 Å². The second kappa shape index (κ2) is 8.12. The fraction of sp³-hybridized carbons (Fsp3) is 0.350. The fourth-order valence-corrected chi connectivity index (χ4v) is 4.44. The van der Waals surface area contributed by atoms with Gasteiger partial charge >= 0.3 is 0 Å². The second-order valence-corrected chi connectivity index (χ2v) is 7.53. The van der Waals surface area contributed by atoms with Crippen LogP contribution in [0.4, 0.5) is 0 Å². The number of hydrogen-bond donors (Lipinski definition) is 1. The quantitative estimate of drug-likeness (QED) is 0.859. The maximum atomic E-state index is 11.8. The molecule has 1 saturated heterocycles. The Morgan fingerprint density at radius 1 is 1.15 bits per heavy atom. The van der Waals surface area contributed by atoms with Gasteiger partial charge in [0, 0.05) is 67.7 Å². The molecule has 27 heavy (non-hydrogen) atoms. The van der Waals surface area contributed by atoms with Crippen LogP contribution >= 0.6 is 11.3 Å². The average Bonchev–Trinajstić information content (AvgIpc) is 3.12. The molecular formula is C20H22N4O2S. The first kappa shape index (κ1) is 18.0. The number of piperidine rings is 1. The summed E-state index contributed by atoms with van der Waals surface area (Å²) in [6, 6.07) is 3.69. The van der Waals surface area contributed by atoms with Gasteiger partial charge in [0.05, 0.1) is 5.71 Å². The summed E-state index contributed by atoms with van der Waals surface area (Å²) in [5.41, 5.74) is -0.383. The SMILES string of the molecule is OC(C1=NC=CC=CC1)(c1nccs1)C1CCN(Oc2ccncc2)CC1. The van der Waals surface area contributed by atoms with Crippen molar-refractivity contribution in [3.63, 3.8) is 0 Å². The smallest absolute Gasteiger partial charge is 0.157 e. The Morgan fingerprint density at radius 2 is 1.96 bits per heavy atom. The summed E-state index contributed by atoms with van der Waals surface area (Å²) in [5, 5.41) is 16.4. The molecule has 0 bridgehead atoms. The predicted octanol–water partition coefficient (Wildman–Crippen LogP) is 3.35. The molecule has 2 aliphatic heterocycles. The molecule has 1 unspecified atom stereocenters. The zero-order valence-electron chi connectivity index (χ0n) is 14.9. The number of allylic oxidation sites excluding steroid dienone is 3. The van der Waals surface area contributed by atoms with Crippen molar-refractivity contribution in [2.24, 2.45) is 10.9 Å². The van der Waals surface area contributed by atoms with Crippen LogP contribution in [0.15, 0.2) is 65.5 Å². The lowest BCUT2D eigenvalue weighted by Crippen LogP contribution is -2.48. The second-order valence-electron chi connectivity index (χ2n) is 6.63. The van der Waals surface area contributed by atoms with E-state index in [4.69, 9.17) is 4.84 Å². The molecule has 140 valence electrons. The lowest BCUT2D eigenvalue weighted by Gasteiger charge is -2.40. The molecule has 2 aliphatic rings. The van der Waals surface area contributed by atoms with Gasteiger partial charge in [-0.2, -0.15) is 0 Å². The van der Waals surface area contributed by atoms with Gasteiger partial charge in [-0.3, -0.25) is 9.98 Å². The molecular weight excluding hydrogens is 360 g/mol. The van der Waals surface area contributed by atoms with E-state index in [9.17, 15) is 5.11 Å². The third-order valence-corrected chi connectivity index (χ3v) is 5.90. The van der Waals surface area contributed by atoms with Crippen LogP contribution in [0, 0.1) is 5.92 Å². The number of nitrogens with zero attached hydrogens (tertiary/aromatic N) is 4. The number of aromatic nitrogens is 2. The molecule has 1 fully saturated rings. The van der Waals surface area contributed by atoms with Gasteiger partial charge in [0.1, 0.15) is 5.01 Å². The van der Waals surface area contributed by atoms with E-state index in [0.717, 1.165) is 42.4 Å². The molecule has 7 heteroatoms. The van der Waals surface area contributed by atoms with E-state index in [2.05, 4.69) is 15.0 Å².